The number of aromatic nitrogens is 2. The number of nitrogens with zero attached hydrogens (tertiary/aromatic N) is 1. The number of hydrogen-bond donors (Lipinski definition) is 1. The number of phosphoric ester groups is 1. The Kier molecular flexibility index (Phi) is 6.74. The standard InChI is InChI=1S/C17H19N2O7P.C2H6/c1-11-2-4-14-12(8-11)9-23-27(22,26-14)24-10-13-3-5-16(25-13)19-7-6-15(20)18-17(19)21;1-2/h2,4,6-8,13,16H,3,5,9-10H2,1H3,(H,18,20,21);1-2H3. The molecule has 3 heterocycles. The van der Waals surface area contributed by atoms with Crippen molar-refractivity contribution >= 4 is 7.82 Å². The largest absolute Gasteiger partial charge is 0.530 e. The molecule has 0 spiro atoms. The number of aryl methyl sites for hydroxylation is 1. The number of aromatic amines is 1. The summed E-state index contributed by atoms with van der Waals surface area (Å²) < 4.78 is 35.9. The van der Waals surface area contributed by atoms with Gasteiger partial charge in [-0.05, 0) is 25.8 Å². The van der Waals surface area contributed by atoms with Crippen molar-refractivity contribution in [2.75, 3.05) is 6.61 Å². The molecule has 0 amide bonds. The quantitative estimate of drug-likeness (QED) is 0.750. The summed E-state index contributed by atoms with van der Waals surface area (Å²) in [5.41, 5.74) is 0.878. The first-order valence-corrected chi connectivity index (χ1v) is 11.0. The van der Waals surface area contributed by atoms with E-state index in [1.165, 1.54) is 16.8 Å². The van der Waals surface area contributed by atoms with E-state index in [1.807, 2.05) is 32.9 Å². The Morgan fingerprint density at radius 1 is 1.24 bits per heavy atom. The molecule has 3 atom stereocenters. The smallest absolute Gasteiger partial charge is 0.404 e. The first kappa shape index (κ1) is 21.5. The van der Waals surface area contributed by atoms with E-state index in [-0.39, 0.29) is 19.3 Å². The zero-order chi connectivity index (χ0) is 21.0. The van der Waals surface area contributed by atoms with Crippen LogP contribution in [-0.2, 0) is 25.0 Å². The summed E-state index contributed by atoms with van der Waals surface area (Å²) in [6.07, 6.45) is 1.68. The minimum atomic E-state index is -3.72. The summed E-state index contributed by atoms with van der Waals surface area (Å²) in [5.74, 6) is 0.486. The highest BCUT2D eigenvalue weighted by molar-refractivity contribution is 7.49. The van der Waals surface area contributed by atoms with Gasteiger partial charge in [-0.1, -0.05) is 31.5 Å². The van der Waals surface area contributed by atoms with E-state index in [0.29, 0.717) is 18.6 Å². The van der Waals surface area contributed by atoms with Crippen molar-refractivity contribution in [2.45, 2.75) is 52.6 Å². The summed E-state index contributed by atoms with van der Waals surface area (Å²) in [7, 11) is -3.72. The third-order valence-electron chi connectivity index (χ3n) is 4.47. The lowest BCUT2D eigenvalue weighted by Crippen LogP contribution is -2.31. The van der Waals surface area contributed by atoms with Gasteiger partial charge in [0.2, 0.25) is 0 Å². The molecule has 3 unspecified atom stereocenters. The Bertz CT molecular complexity index is 1020. The first-order chi connectivity index (χ1) is 13.9. The lowest BCUT2D eigenvalue weighted by Gasteiger charge is -2.26. The molecule has 1 N–H and O–H groups in total. The van der Waals surface area contributed by atoms with E-state index in [1.54, 1.807) is 6.07 Å². The molecule has 1 aromatic heterocycles. The topological polar surface area (TPSA) is 109 Å². The lowest BCUT2D eigenvalue weighted by atomic mass is 10.1. The number of phosphoric acid groups is 1. The number of fused-ring (bicyclic) bond motifs is 1. The lowest BCUT2D eigenvalue weighted by molar-refractivity contribution is -0.0264. The Balaban J connectivity index is 0.00000117. The normalized spacial score (nSPS) is 25.5. The molecule has 2 aliphatic rings. The molecule has 1 fully saturated rings. The second-order valence-electron chi connectivity index (χ2n) is 6.53. The molecule has 2 aromatic rings. The van der Waals surface area contributed by atoms with Gasteiger partial charge in [0.15, 0.2) is 0 Å². The summed E-state index contributed by atoms with van der Waals surface area (Å²) in [6.45, 7) is 6.11. The molecule has 0 bridgehead atoms. The molecule has 4 rings (SSSR count). The van der Waals surface area contributed by atoms with Gasteiger partial charge >= 0.3 is 13.5 Å². The van der Waals surface area contributed by atoms with Gasteiger partial charge in [0, 0.05) is 17.8 Å². The molecular formula is C19H25N2O7P. The fraction of sp³-hybridized carbons (Fsp3) is 0.474. The Morgan fingerprint density at radius 3 is 2.79 bits per heavy atom. The molecular weight excluding hydrogens is 399 g/mol. The van der Waals surface area contributed by atoms with Crippen molar-refractivity contribution in [1.82, 2.24) is 9.55 Å². The predicted octanol–water partition coefficient (Wildman–Crippen LogP) is 3.28. The number of nitrogens with one attached hydrogen (secondary N) is 1. The second-order valence-corrected chi connectivity index (χ2v) is 8.12. The Morgan fingerprint density at radius 2 is 2.03 bits per heavy atom. The summed E-state index contributed by atoms with van der Waals surface area (Å²) in [4.78, 5) is 25.2. The van der Waals surface area contributed by atoms with E-state index in [4.69, 9.17) is 18.3 Å². The van der Waals surface area contributed by atoms with E-state index in [0.717, 1.165) is 11.1 Å². The van der Waals surface area contributed by atoms with Crippen LogP contribution in [0.2, 0.25) is 0 Å². The average molecular weight is 424 g/mol. The summed E-state index contributed by atoms with van der Waals surface area (Å²) in [6, 6.07) is 6.77. The average Bonchev–Trinajstić information content (AvgIpc) is 3.17. The van der Waals surface area contributed by atoms with Gasteiger partial charge in [0.1, 0.15) is 12.0 Å². The van der Waals surface area contributed by atoms with Gasteiger partial charge in [0.25, 0.3) is 5.56 Å². The van der Waals surface area contributed by atoms with E-state index >= 15 is 0 Å². The molecule has 9 nitrogen and oxygen atoms in total. The highest BCUT2D eigenvalue weighted by atomic mass is 31.2. The fourth-order valence-corrected chi connectivity index (χ4v) is 4.36. The molecule has 158 valence electrons. The Hall–Kier alpha value is -2.19. The van der Waals surface area contributed by atoms with E-state index in [2.05, 4.69) is 4.98 Å². The molecule has 0 aliphatic carbocycles. The maximum atomic E-state index is 12.7. The predicted molar refractivity (Wildman–Crippen MR) is 106 cm³/mol. The summed E-state index contributed by atoms with van der Waals surface area (Å²) in [5, 5.41) is 0. The molecule has 0 saturated carbocycles. The molecule has 29 heavy (non-hydrogen) atoms. The molecule has 1 aromatic carbocycles. The van der Waals surface area contributed by atoms with Gasteiger partial charge in [-0.15, -0.1) is 0 Å². The summed E-state index contributed by atoms with van der Waals surface area (Å²) >= 11 is 0. The van der Waals surface area contributed by atoms with Crippen LogP contribution in [0.5, 0.6) is 5.75 Å². The third-order valence-corrected chi connectivity index (χ3v) is 5.80. The number of hydrogen-bond acceptors (Lipinski definition) is 7. The fourth-order valence-electron chi connectivity index (χ4n) is 3.11. The molecule has 10 heteroatoms. The van der Waals surface area contributed by atoms with E-state index < -0.39 is 25.3 Å². The van der Waals surface area contributed by atoms with Crippen molar-refractivity contribution < 1.29 is 22.9 Å². The van der Waals surface area contributed by atoms with Crippen LogP contribution in [0.4, 0.5) is 0 Å². The van der Waals surface area contributed by atoms with Crippen LogP contribution >= 0.6 is 7.82 Å². The van der Waals surface area contributed by atoms with Gasteiger partial charge in [-0.3, -0.25) is 23.4 Å². The van der Waals surface area contributed by atoms with Gasteiger partial charge < -0.3 is 9.26 Å². The number of ether oxygens (including phenoxy) is 1. The van der Waals surface area contributed by atoms with Gasteiger partial charge in [-0.2, -0.15) is 0 Å². The van der Waals surface area contributed by atoms with Crippen LogP contribution in [-0.4, -0.2) is 22.3 Å². The van der Waals surface area contributed by atoms with Crippen molar-refractivity contribution in [3.8, 4) is 5.75 Å². The minimum absolute atomic E-state index is 0.00702. The number of H-pyrrole nitrogens is 1. The maximum Gasteiger partial charge on any atom is 0.530 e. The van der Waals surface area contributed by atoms with Crippen LogP contribution in [0, 0.1) is 6.92 Å². The van der Waals surface area contributed by atoms with Gasteiger partial charge in [0.05, 0.1) is 19.3 Å². The monoisotopic (exact) mass is 424 g/mol. The minimum Gasteiger partial charge on any atom is -0.404 e. The zero-order valence-electron chi connectivity index (χ0n) is 16.6. The van der Waals surface area contributed by atoms with Crippen LogP contribution in [0.15, 0.2) is 40.1 Å². The zero-order valence-corrected chi connectivity index (χ0v) is 17.5. The number of rotatable bonds is 4. The Labute approximate surface area is 168 Å². The third kappa shape index (κ3) is 5.05. The molecule has 2 aliphatic heterocycles. The van der Waals surface area contributed by atoms with Crippen molar-refractivity contribution in [3.05, 3.63) is 62.4 Å². The number of benzene rings is 1. The van der Waals surface area contributed by atoms with Gasteiger partial charge in [-0.25, -0.2) is 9.36 Å². The SMILES string of the molecule is CC.Cc1ccc2c(c1)COP(=O)(OCC1CCC(n3ccc(=O)[nH]c3=O)O1)O2. The maximum absolute atomic E-state index is 12.7. The highest BCUT2D eigenvalue weighted by Gasteiger charge is 2.36. The van der Waals surface area contributed by atoms with Crippen LogP contribution in [0.1, 0.15) is 44.0 Å². The highest BCUT2D eigenvalue weighted by Crippen LogP contribution is 2.54. The van der Waals surface area contributed by atoms with Crippen LogP contribution < -0.4 is 15.8 Å². The first-order valence-electron chi connectivity index (χ1n) is 9.57. The van der Waals surface area contributed by atoms with Crippen molar-refractivity contribution in [2.24, 2.45) is 0 Å². The molecule has 1 saturated heterocycles. The van der Waals surface area contributed by atoms with Crippen molar-refractivity contribution in [1.29, 1.82) is 0 Å². The van der Waals surface area contributed by atoms with Crippen LogP contribution in [0.25, 0.3) is 0 Å². The second kappa shape index (κ2) is 9.09. The van der Waals surface area contributed by atoms with Crippen LogP contribution in [0.3, 0.4) is 0 Å². The van der Waals surface area contributed by atoms with Crippen molar-refractivity contribution in [3.63, 3.8) is 0 Å². The molecule has 0 radical (unpaired) electrons. The van der Waals surface area contributed by atoms with E-state index in [9.17, 15) is 14.2 Å².